The summed E-state index contributed by atoms with van der Waals surface area (Å²) in [5, 5.41) is 0. The predicted octanol–water partition coefficient (Wildman–Crippen LogP) is 2.80. The van der Waals surface area contributed by atoms with Gasteiger partial charge in [-0.25, -0.2) is 0 Å². The third-order valence-corrected chi connectivity index (χ3v) is 5.02. The molecule has 0 amide bonds. The molecule has 0 bridgehead atoms. The van der Waals surface area contributed by atoms with Crippen LogP contribution in [-0.4, -0.2) is 0 Å². The second kappa shape index (κ2) is 2.19. The molecule has 0 nitrogen and oxygen atoms in total. The van der Waals surface area contributed by atoms with Gasteiger partial charge in [-0.3, -0.25) is 0 Å². The number of hydrogen-bond donors (Lipinski definition) is 0. The Balaban J connectivity index is 2.42. The van der Waals surface area contributed by atoms with Crippen LogP contribution in [0.4, 0.5) is 0 Å². The Morgan fingerprint density at radius 2 is 2.18 bits per heavy atom. The number of fused-ring (bicyclic) bond motifs is 1. The van der Waals surface area contributed by atoms with Crippen molar-refractivity contribution in [3.63, 3.8) is 0 Å². The summed E-state index contributed by atoms with van der Waals surface area (Å²) in [7, 11) is 0. The van der Waals surface area contributed by atoms with Crippen LogP contribution >= 0.6 is 0 Å². The fraction of sp³-hybridized carbons (Fsp3) is 0.600. The molecular weight excluding hydrogens is 330 g/mol. The monoisotopic (exact) mass is 343 g/mol. The second-order valence-corrected chi connectivity index (χ2v) is 5.59. The van der Waals surface area contributed by atoms with E-state index in [9.17, 15) is 0 Å². The van der Waals surface area contributed by atoms with Crippen LogP contribution in [0.15, 0.2) is 20.5 Å². The summed E-state index contributed by atoms with van der Waals surface area (Å²) in [5.74, 6) is 0.895. The standard InChI is InChI=1S/C10H13At/c1-6-4-5-7-8(9(6)11)10(7,2)3/h4,7H,5H2,1-3H3. The first-order chi connectivity index (χ1) is 5.05. The van der Waals surface area contributed by atoms with E-state index in [1.807, 2.05) is 24.7 Å². The topological polar surface area (TPSA) is 0 Å². The van der Waals surface area contributed by atoms with Crippen molar-refractivity contribution in [3.05, 3.63) is 20.5 Å². The Labute approximate surface area is 83.6 Å². The van der Waals surface area contributed by atoms with Gasteiger partial charge in [-0.2, -0.15) is 0 Å². The van der Waals surface area contributed by atoms with Crippen molar-refractivity contribution in [2.45, 2.75) is 27.2 Å². The molecule has 2 aliphatic carbocycles. The van der Waals surface area contributed by atoms with Crippen LogP contribution in [0.3, 0.4) is 0 Å². The van der Waals surface area contributed by atoms with E-state index in [1.54, 1.807) is 8.85 Å². The first-order valence-corrected chi connectivity index (χ1v) is 5.59. The summed E-state index contributed by atoms with van der Waals surface area (Å²) in [5.41, 5.74) is 3.81. The Bertz CT molecular complexity index is 269. The van der Waals surface area contributed by atoms with Gasteiger partial charge in [-0.05, 0) is 0 Å². The molecule has 0 aliphatic heterocycles. The average Bonchev–Trinajstić information content (AvgIpc) is 2.46. The normalized spacial score (nSPS) is 33.1. The molecule has 0 aromatic rings. The van der Waals surface area contributed by atoms with Crippen LogP contribution in [-0.2, 0) is 0 Å². The van der Waals surface area contributed by atoms with E-state index in [1.165, 1.54) is 12.0 Å². The van der Waals surface area contributed by atoms with Gasteiger partial charge in [0.05, 0.1) is 0 Å². The van der Waals surface area contributed by atoms with Gasteiger partial charge in [0.15, 0.2) is 0 Å². The van der Waals surface area contributed by atoms with Crippen molar-refractivity contribution >= 4 is 0 Å². The fourth-order valence-electron chi connectivity index (χ4n) is 2.08. The van der Waals surface area contributed by atoms with Gasteiger partial charge < -0.3 is 0 Å². The molecule has 2 aliphatic rings. The molecule has 1 fully saturated rings. The molecule has 60 valence electrons. The Hall–Kier alpha value is 0.363. The van der Waals surface area contributed by atoms with Crippen LogP contribution in [0.2, 0.25) is 0 Å². The fourth-order valence-corrected chi connectivity index (χ4v) is 3.84. The van der Waals surface area contributed by atoms with Crippen molar-refractivity contribution in [2.24, 2.45) is 11.3 Å². The quantitative estimate of drug-likeness (QED) is 0.635. The van der Waals surface area contributed by atoms with E-state index in [4.69, 9.17) is 0 Å². The Morgan fingerprint density at radius 1 is 1.55 bits per heavy atom. The number of allylic oxidation sites excluding steroid dienone is 4. The van der Waals surface area contributed by atoms with Crippen LogP contribution in [0.1, 0.15) is 27.2 Å². The summed E-state index contributed by atoms with van der Waals surface area (Å²) in [6.07, 6.45) is 3.69. The molecule has 2 rings (SSSR count). The second-order valence-electron chi connectivity index (χ2n) is 4.12. The first kappa shape index (κ1) is 7.98. The molecule has 1 heteroatoms. The van der Waals surface area contributed by atoms with Crippen LogP contribution in [0, 0.1) is 36.1 Å². The summed E-state index contributed by atoms with van der Waals surface area (Å²) < 4.78 is 1.62. The molecule has 1 unspecified atom stereocenters. The molecule has 11 heavy (non-hydrogen) atoms. The van der Waals surface area contributed by atoms with E-state index < -0.39 is 0 Å². The third kappa shape index (κ3) is 0.968. The van der Waals surface area contributed by atoms with E-state index in [-0.39, 0.29) is 0 Å². The van der Waals surface area contributed by atoms with Gasteiger partial charge in [0.1, 0.15) is 0 Å². The van der Waals surface area contributed by atoms with Crippen molar-refractivity contribution in [2.75, 3.05) is 0 Å². The third-order valence-electron chi connectivity index (χ3n) is 3.07. The van der Waals surface area contributed by atoms with Crippen LogP contribution in [0.5, 0.6) is 0 Å². The van der Waals surface area contributed by atoms with Crippen molar-refractivity contribution in [1.29, 1.82) is 0 Å². The molecule has 0 saturated heterocycles. The van der Waals surface area contributed by atoms with Gasteiger partial charge in [0.2, 0.25) is 0 Å². The molecule has 0 N–H and O–H groups in total. The molecule has 0 aromatic heterocycles. The number of rotatable bonds is 0. The molecule has 1 atom stereocenters. The molecular formula is C10H13At. The molecule has 1 saturated carbocycles. The molecule has 0 aromatic carbocycles. The molecule has 0 heterocycles. The van der Waals surface area contributed by atoms with Gasteiger partial charge in [-0.15, -0.1) is 0 Å². The van der Waals surface area contributed by atoms with E-state index in [2.05, 4.69) is 26.8 Å². The van der Waals surface area contributed by atoms with Crippen molar-refractivity contribution in [3.8, 4) is 0 Å². The average molecular weight is 343 g/mol. The molecule has 0 radical (unpaired) electrons. The zero-order chi connectivity index (χ0) is 8.22. The van der Waals surface area contributed by atoms with E-state index in [0.717, 1.165) is 5.92 Å². The van der Waals surface area contributed by atoms with Gasteiger partial charge in [-0.1, -0.05) is 0 Å². The van der Waals surface area contributed by atoms with Gasteiger partial charge in [0, 0.05) is 0 Å². The Morgan fingerprint density at radius 3 is 2.73 bits per heavy atom. The van der Waals surface area contributed by atoms with Crippen LogP contribution in [0.25, 0.3) is 0 Å². The predicted molar refractivity (Wildman–Crippen MR) is 42.7 cm³/mol. The maximum atomic E-state index is 2.40. The number of hydrogen-bond acceptors (Lipinski definition) is 0. The minimum atomic E-state index is 0.540. The van der Waals surface area contributed by atoms with Gasteiger partial charge >= 0.3 is 83.7 Å². The van der Waals surface area contributed by atoms with E-state index in [0.29, 0.717) is 5.41 Å². The SMILES string of the molecule is CC1=CCC2C(=C1[At])C2(C)C. The van der Waals surface area contributed by atoms with E-state index >= 15 is 0 Å². The minimum absolute atomic E-state index is 0.540. The summed E-state index contributed by atoms with van der Waals surface area (Å²) >= 11 is 1.86. The zero-order valence-electron chi connectivity index (χ0n) is 7.24. The summed E-state index contributed by atoms with van der Waals surface area (Å²) in [6, 6.07) is 0. The van der Waals surface area contributed by atoms with Crippen molar-refractivity contribution in [1.82, 2.24) is 0 Å². The summed E-state index contributed by atoms with van der Waals surface area (Å²) in [4.78, 5) is 0. The first-order valence-electron chi connectivity index (χ1n) is 4.12. The van der Waals surface area contributed by atoms with Crippen molar-refractivity contribution < 1.29 is 24.7 Å². The zero-order valence-corrected chi connectivity index (χ0v) is 10.2. The molecule has 0 spiro atoms. The summed E-state index contributed by atoms with van der Waals surface area (Å²) in [6.45, 7) is 6.99. The Kier molecular flexibility index (Phi) is 1.59. The maximum absolute atomic E-state index is 2.40. The van der Waals surface area contributed by atoms with Crippen LogP contribution < -0.4 is 0 Å². The van der Waals surface area contributed by atoms with Gasteiger partial charge in [0.25, 0.3) is 0 Å².